The standard InChI is InChI=1S/C15H16N2OS/c1-3-4-9-17-10(2)16-13-14(17)11-7-5-6-8-12(11)19-15(13)18/h5-8H,3-4,9H2,1-2H3. The van der Waals surface area contributed by atoms with Crippen LogP contribution in [0.25, 0.3) is 21.1 Å². The van der Waals surface area contributed by atoms with Crippen LogP contribution in [0, 0.1) is 6.92 Å². The number of benzene rings is 1. The maximum atomic E-state index is 12.2. The third-order valence-corrected chi connectivity index (χ3v) is 4.39. The molecule has 98 valence electrons. The number of rotatable bonds is 3. The second-order valence-electron chi connectivity index (χ2n) is 4.75. The minimum Gasteiger partial charge on any atom is -0.328 e. The van der Waals surface area contributed by atoms with Crippen molar-refractivity contribution in [2.75, 3.05) is 0 Å². The molecule has 3 rings (SSSR count). The fourth-order valence-electron chi connectivity index (χ4n) is 2.47. The van der Waals surface area contributed by atoms with Gasteiger partial charge in [0.25, 0.3) is 4.74 Å². The molecule has 0 atom stereocenters. The average Bonchev–Trinajstić information content (AvgIpc) is 2.74. The molecule has 0 N–H and O–H groups in total. The molecule has 0 fully saturated rings. The Kier molecular flexibility index (Phi) is 3.11. The van der Waals surface area contributed by atoms with Gasteiger partial charge in [-0.15, -0.1) is 0 Å². The number of aromatic nitrogens is 2. The minimum atomic E-state index is 0.0621. The number of aryl methyl sites for hydroxylation is 2. The predicted octanol–water partition coefficient (Wildman–Crippen LogP) is 3.72. The Balaban J connectivity index is 2.42. The largest absolute Gasteiger partial charge is 0.328 e. The van der Waals surface area contributed by atoms with Gasteiger partial charge in [0.15, 0.2) is 0 Å². The normalized spacial score (nSPS) is 11.5. The summed E-state index contributed by atoms with van der Waals surface area (Å²) in [6, 6.07) is 8.08. The van der Waals surface area contributed by atoms with Crippen molar-refractivity contribution in [2.45, 2.75) is 33.2 Å². The first-order chi connectivity index (χ1) is 9.22. The van der Waals surface area contributed by atoms with Gasteiger partial charge in [-0.3, -0.25) is 4.79 Å². The summed E-state index contributed by atoms with van der Waals surface area (Å²) in [5.41, 5.74) is 1.63. The summed E-state index contributed by atoms with van der Waals surface area (Å²) in [4.78, 5) is 16.7. The van der Waals surface area contributed by atoms with Gasteiger partial charge >= 0.3 is 0 Å². The summed E-state index contributed by atoms with van der Waals surface area (Å²) in [5.74, 6) is 0.934. The van der Waals surface area contributed by atoms with Gasteiger partial charge in [-0.1, -0.05) is 42.9 Å². The van der Waals surface area contributed by atoms with E-state index in [9.17, 15) is 4.79 Å². The van der Waals surface area contributed by atoms with Crippen molar-refractivity contribution >= 4 is 32.5 Å². The fourth-order valence-corrected chi connectivity index (χ4v) is 3.33. The van der Waals surface area contributed by atoms with Crippen molar-refractivity contribution in [1.82, 2.24) is 9.55 Å². The van der Waals surface area contributed by atoms with Crippen molar-refractivity contribution < 1.29 is 0 Å². The van der Waals surface area contributed by atoms with Gasteiger partial charge in [0.05, 0.1) is 5.52 Å². The van der Waals surface area contributed by atoms with Crippen LogP contribution in [0.4, 0.5) is 0 Å². The van der Waals surface area contributed by atoms with Crippen LogP contribution < -0.4 is 4.74 Å². The summed E-state index contributed by atoms with van der Waals surface area (Å²) in [6.45, 7) is 5.08. The smallest absolute Gasteiger partial charge is 0.260 e. The topological polar surface area (TPSA) is 34.9 Å². The van der Waals surface area contributed by atoms with Crippen molar-refractivity contribution in [3.8, 4) is 0 Å². The molecule has 0 aliphatic heterocycles. The van der Waals surface area contributed by atoms with Gasteiger partial charge < -0.3 is 4.57 Å². The third-order valence-electron chi connectivity index (χ3n) is 3.43. The van der Waals surface area contributed by atoms with Crippen molar-refractivity contribution in [3.05, 3.63) is 39.6 Å². The van der Waals surface area contributed by atoms with E-state index in [4.69, 9.17) is 0 Å². The highest BCUT2D eigenvalue weighted by atomic mass is 32.1. The number of unbranched alkanes of at least 4 members (excludes halogenated alkanes) is 1. The molecule has 0 bridgehead atoms. The fraction of sp³-hybridized carbons (Fsp3) is 0.333. The number of imidazole rings is 1. The second-order valence-corrected chi connectivity index (χ2v) is 5.76. The number of hydrogen-bond acceptors (Lipinski definition) is 3. The summed E-state index contributed by atoms with van der Waals surface area (Å²) >= 11 is 1.29. The lowest BCUT2D eigenvalue weighted by molar-refractivity contribution is 0.632. The van der Waals surface area contributed by atoms with Crippen LogP contribution in [0.5, 0.6) is 0 Å². The summed E-state index contributed by atoms with van der Waals surface area (Å²) in [6.07, 6.45) is 2.24. The van der Waals surface area contributed by atoms with Crippen LogP contribution in [0.15, 0.2) is 29.1 Å². The number of nitrogens with zero attached hydrogens (tertiary/aromatic N) is 2. The van der Waals surface area contributed by atoms with E-state index < -0.39 is 0 Å². The first kappa shape index (κ1) is 12.4. The van der Waals surface area contributed by atoms with Crippen molar-refractivity contribution in [3.63, 3.8) is 0 Å². The number of fused-ring (bicyclic) bond motifs is 3. The van der Waals surface area contributed by atoms with E-state index >= 15 is 0 Å². The SMILES string of the molecule is CCCCn1c(C)nc2c(=O)sc3ccccc3c21. The van der Waals surface area contributed by atoms with E-state index in [1.807, 2.05) is 25.1 Å². The number of hydrogen-bond donors (Lipinski definition) is 0. The zero-order valence-electron chi connectivity index (χ0n) is 11.1. The lowest BCUT2D eigenvalue weighted by Crippen LogP contribution is -2.01. The Hall–Kier alpha value is -1.68. The monoisotopic (exact) mass is 272 g/mol. The molecule has 2 heterocycles. The molecule has 0 aliphatic carbocycles. The molecule has 19 heavy (non-hydrogen) atoms. The van der Waals surface area contributed by atoms with Gasteiger partial charge in [-0.05, 0) is 19.4 Å². The molecule has 0 saturated heterocycles. The third kappa shape index (κ3) is 1.96. The molecule has 3 aromatic rings. The van der Waals surface area contributed by atoms with E-state index in [0.29, 0.717) is 5.52 Å². The Bertz CT molecular complexity index is 801. The molecule has 0 radical (unpaired) electrons. The Labute approximate surface area is 115 Å². The van der Waals surface area contributed by atoms with Crippen LogP contribution in [0.1, 0.15) is 25.6 Å². The molecular weight excluding hydrogens is 256 g/mol. The maximum Gasteiger partial charge on any atom is 0.260 e. The Morgan fingerprint density at radius 1 is 1.32 bits per heavy atom. The van der Waals surface area contributed by atoms with Crippen LogP contribution in [0.3, 0.4) is 0 Å². The lowest BCUT2D eigenvalue weighted by Gasteiger charge is -2.07. The predicted molar refractivity (Wildman–Crippen MR) is 81.0 cm³/mol. The molecule has 3 nitrogen and oxygen atoms in total. The van der Waals surface area contributed by atoms with Crippen molar-refractivity contribution in [1.29, 1.82) is 0 Å². The van der Waals surface area contributed by atoms with E-state index in [2.05, 4.69) is 22.5 Å². The highest BCUT2D eigenvalue weighted by Gasteiger charge is 2.14. The van der Waals surface area contributed by atoms with Gasteiger partial charge in [-0.2, -0.15) is 0 Å². The molecule has 0 aliphatic rings. The Morgan fingerprint density at radius 3 is 2.89 bits per heavy atom. The quantitative estimate of drug-likeness (QED) is 0.728. The molecule has 0 saturated carbocycles. The molecule has 0 unspecified atom stereocenters. The molecule has 4 heteroatoms. The minimum absolute atomic E-state index is 0.0621. The maximum absolute atomic E-state index is 12.2. The summed E-state index contributed by atoms with van der Waals surface area (Å²) in [5, 5.41) is 1.14. The van der Waals surface area contributed by atoms with Gasteiger partial charge in [0.2, 0.25) is 0 Å². The highest BCUT2D eigenvalue weighted by molar-refractivity contribution is 7.16. The Morgan fingerprint density at radius 2 is 2.11 bits per heavy atom. The summed E-state index contributed by atoms with van der Waals surface area (Å²) < 4.78 is 3.29. The van der Waals surface area contributed by atoms with Gasteiger partial charge in [0.1, 0.15) is 11.3 Å². The van der Waals surface area contributed by atoms with Gasteiger partial charge in [-0.25, -0.2) is 4.98 Å². The second kappa shape index (κ2) is 4.78. The van der Waals surface area contributed by atoms with Crippen LogP contribution >= 0.6 is 11.3 Å². The van der Waals surface area contributed by atoms with Crippen molar-refractivity contribution in [2.24, 2.45) is 0 Å². The van der Waals surface area contributed by atoms with Crippen LogP contribution in [0.2, 0.25) is 0 Å². The molecule has 1 aromatic carbocycles. The van der Waals surface area contributed by atoms with Gasteiger partial charge in [0, 0.05) is 16.6 Å². The van der Waals surface area contributed by atoms with E-state index in [0.717, 1.165) is 40.8 Å². The van der Waals surface area contributed by atoms with Crippen LogP contribution in [-0.4, -0.2) is 9.55 Å². The zero-order valence-corrected chi connectivity index (χ0v) is 12.0. The first-order valence-electron chi connectivity index (χ1n) is 6.61. The van der Waals surface area contributed by atoms with E-state index in [1.54, 1.807) is 0 Å². The first-order valence-corrected chi connectivity index (χ1v) is 7.42. The van der Waals surface area contributed by atoms with Crippen LogP contribution in [-0.2, 0) is 6.54 Å². The zero-order chi connectivity index (χ0) is 13.4. The molecule has 2 aromatic heterocycles. The molecular formula is C15H16N2OS. The average molecular weight is 272 g/mol. The molecule has 0 spiro atoms. The van der Waals surface area contributed by atoms with E-state index in [1.165, 1.54) is 11.3 Å². The highest BCUT2D eigenvalue weighted by Crippen LogP contribution is 2.26. The summed E-state index contributed by atoms with van der Waals surface area (Å²) in [7, 11) is 0. The molecule has 0 amide bonds. The van der Waals surface area contributed by atoms with E-state index in [-0.39, 0.29) is 4.74 Å². The lowest BCUT2D eigenvalue weighted by atomic mass is 10.2.